The first kappa shape index (κ1) is 20.1. The molecule has 0 radical (unpaired) electrons. The van der Waals surface area contributed by atoms with Crippen LogP contribution < -0.4 is 15.9 Å². The molecule has 160 valence electrons. The van der Waals surface area contributed by atoms with Crippen LogP contribution in [-0.2, 0) is 9.98 Å². The van der Waals surface area contributed by atoms with E-state index in [9.17, 15) is 0 Å². The summed E-state index contributed by atoms with van der Waals surface area (Å²) < 4.78 is 15.1. The van der Waals surface area contributed by atoms with Crippen LogP contribution in [0.3, 0.4) is 0 Å². The average Bonchev–Trinajstić information content (AvgIpc) is 2.87. The van der Waals surface area contributed by atoms with Crippen molar-refractivity contribution < 1.29 is 4.57 Å². The van der Waals surface area contributed by atoms with Crippen molar-refractivity contribution in [2.75, 3.05) is 0 Å². The van der Waals surface area contributed by atoms with Gasteiger partial charge in [-0.25, -0.2) is 4.98 Å². The number of nitrogens with zero attached hydrogens (tertiary/aromatic N) is 1. The molecule has 0 spiro atoms. The molecule has 0 N–H and O–H groups in total. The fourth-order valence-corrected chi connectivity index (χ4v) is 8.61. The number of rotatable bonds is 2. The molecule has 0 aliphatic carbocycles. The maximum atomic E-state index is 15.1. The molecule has 0 saturated heterocycles. The lowest BCUT2D eigenvalue weighted by molar-refractivity contribution is 0.586. The predicted octanol–water partition coefficient (Wildman–Crippen LogP) is 6.18. The number of aromatic nitrogens is 1. The van der Waals surface area contributed by atoms with Gasteiger partial charge in [0.25, 0.3) is 0 Å². The van der Waals surface area contributed by atoms with E-state index >= 15 is 4.57 Å². The maximum Gasteiger partial charge on any atom is 0.171 e. The first-order valence-corrected chi connectivity index (χ1v) is 13.0. The Hall–Kier alpha value is -3.48. The summed E-state index contributed by atoms with van der Waals surface area (Å²) in [6.07, 6.45) is 0. The standard InChI is InChI=1S/C30H24NOP/c1-30(2)24-13-4-7-16-28(24)33(32,29-17-8-5-14-25(29)30)23-12-9-11-22(20-23)27-19-18-21-10-3-6-15-26(21)31-27/h3-20H,1-2H3. The summed E-state index contributed by atoms with van der Waals surface area (Å²) in [4.78, 5) is 4.88. The lowest BCUT2D eigenvalue weighted by atomic mass is 9.78. The summed E-state index contributed by atoms with van der Waals surface area (Å²) in [6.45, 7) is 4.45. The van der Waals surface area contributed by atoms with Gasteiger partial charge in [0, 0.05) is 32.3 Å². The van der Waals surface area contributed by atoms with E-state index in [1.54, 1.807) is 0 Å². The van der Waals surface area contributed by atoms with Crippen LogP contribution in [0.15, 0.2) is 109 Å². The number of hydrogen-bond donors (Lipinski definition) is 0. The molecule has 33 heavy (non-hydrogen) atoms. The molecule has 1 aromatic heterocycles. The van der Waals surface area contributed by atoms with Gasteiger partial charge in [-0.2, -0.15) is 0 Å². The van der Waals surface area contributed by atoms with E-state index in [0.717, 1.165) is 49.2 Å². The van der Waals surface area contributed by atoms with Gasteiger partial charge in [-0.15, -0.1) is 0 Å². The largest absolute Gasteiger partial charge is 0.309 e. The first-order chi connectivity index (χ1) is 16.0. The number of pyridine rings is 1. The minimum atomic E-state index is -3.05. The van der Waals surface area contributed by atoms with Gasteiger partial charge in [0.15, 0.2) is 7.14 Å². The van der Waals surface area contributed by atoms with Gasteiger partial charge < -0.3 is 4.57 Å². The van der Waals surface area contributed by atoms with Crippen molar-refractivity contribution in [3.05, 3.63) is 120 Å². The van der Waals surface area contributed by atoms with Gasteiger partial charge in [0.2, 0.25) is 0 Å². The molecule has 1 aliphatic rings. The Balaban J connectivity index is 1.59. The van der Waals surface area contributed by atoms with Crippen LogP contribution in [0.1, 0.15) is 25.0 Å². The molecule has 1 aliphatic heterocycles. The number of fused-ring (bicyclic) bond motifs is 3. The number of para-hydroxylation sites is 1. The van der Waals surface area contributed by atoms with E-state index in [4.69, 9.17) is 4.98 Å². The van der Waals surface area contributed by atoms with Crippen molar-refractivity contribution >= 4 is 34.0 Å². The van der Waals surface area contributed by atoms with Crippen molar-refractivity contribution in [2.24, 2.45) is 0 Å². The summed E-state index contributed by atoms with van der Waals surface area (Å²) in [6, 6.07) is 36.9. The SMILES string of the molecule is CC1(C)c2ccccc2P(=O)(c2cccc(-c3ccc4ccccc4n3)c2)c2ccccc21. The molecule has 4 aromatic carbocycles. The second-order valence-corrected chi connectivity index (χ2v) is 11.9. The smallest absolute Gasteiger partial charge is 0.171 e. The Kier molecular flexibility index (Phi) is 4.44. The molecule has 0 amide bonds. The summed E-state index contributed by atoms with van der Waals surface area (Å²) in [7, 11) is -3.05. The lowest BCUT2D eigenvalue weighted by Crippen LogP contribution is -2.42. The van der Waals surface area contributed by atoms with E-state index < -0.39 is 7.14 Å². The van der Waals surface area contributed by atoms with Gasteiger partial charge in [0.1, 0.15) is 0 Å². The third-order valence-corrected chi connectivity index (χ3v) is 10.1. The fraction of sp³-hybridized carbons (Fsp3) is 0.100. The molecule has 3 heteroatoms. The van der Waals surface area contributed by atoms with Crippen LogP contribution in [0.25, 0.3) is 22.2 Å². The van der Waals surface area contributed by atoms with Crippen LogP contribution in [0, 0.1) is 0 Å². The zero-order valence-corrected chi connectivity index (χ0v) is 19.6. The van der Waals surface area contributed by atoms with Gasteiger partial charge in [-0.05, 0) is 29.3 Å². The highest BCUT2D eigenvalue weighted by Gasteiger charge is 2.44. The van der Waals surface area contributed by atoms with E-state index in [-0.39, 0.29) is 5.41 Å². The van der Waals surface area contributed by atoms with Crippen molar-refractivity contribution in [1.29, 1.82) is 0 Å². The zero-order chi connectivity index (χ0) is 22.6. The zero-order valence-electron chi connectivity index (χ0n) is 18.7. The molecule has 6 rings (SSSR count). The maximum absolute atomic E-state index is 15.1. The summed E-state index contributed by atoms with van der Waals surface area (Å²) in [5.41, 5.74) is 4.90. The molecule has 2 heterocycles. The Morgan fingerprint density at radius 1 is 0.667 bits per heavy atom. The van der Waals surface area contributed by atoms with E-state index in [2.05, 4.69) is 62.4 Å². The van der Waals surface area contributed by atoms with Gasteiger partial charge >= 0.3 is 0 Å². The van der Waals surface area contributed by atoms with Crippen LogP contribution >= 0.6 is 7.14 Å². The molecule has 0 saturated carbocycles. The van der Waals surface area contributed by atoms with Crippen molar-refractivity contribution in [2.45, 2.75) is 19.3 Å². The fourth-order valence-electron chi connectivity index (χ4n) is 5.19. The third-order valence-electron chi connectivity index (χ3n) is 6.94. The van der Waals surface area contributed by atoms with Gasteiger partial charge in [-0.1, -0.05) is 105 Å². The normalized spacial score (nSPS) is 15.6. The topological polar surface area (TPSA) is 30.0 Å². The Bertz CT molecular complexity index is 1530. The molecule has 0 fully saturated rings. The van der Waals surface area contributed by atoms with Crippen LogP contribution in [-0.4, -0.2) is 4.98 Å². The van der Waals surface area contributed by atoms with Crippen LogP contribution in [0.4, 0.5) is 0 Å². The highest BCUT2D eigenvalue weighted by Crippen LogP contribution is 2.52. The van der Waals surface area contributed by atoms with E-state index in [1.807, 2.05) is 60.7 Å². The molecule has 0 atom stereocenters. The van der Waals surface area contributed by atoms with Gasteiger partial charge in [0.05, 0.1) is 11.2 Å². The molecular formula is C30H24NOP. The van der Waals surface area contributed by atoms with E-state index in [1.165, 1.54) is 0 Å². The summed E-state index contributed by atoms with van der Waals surface area (Å²) in [5.74, 6) is 0. The highest BCUT2D eigenvalue weighted by atomic mass is 31.2. The minimum absolute atomic E-state index is 0.210. The van der Waals surface area contributed by atoms with Crippen molar-refractivity contribution in [3.63, 3.8) is 0 Å². The van der Waals surface area contributed by atoms with Crippen molar-refractivity contribution in [3.8, 4) is 11.3 Å². The summed E-state index contributed by atoms with van der Waals surface area (Å²) >= 11 is 0. The Morgan fingerprint density at radius 2 is 1.30 bits per heavy atom. The Morgan fingerprint density at radius 3 is 2.03 bits per heavy atom. The predicted molar refractivity (Wildman–Crippen MR) is 139 cm³/mol. The second-order valence-electron chi connectivity index (χ2n) is 9.21. The molecule has 2 nitrogen and oxygen atoms in total. The lowest BCUT2D eigenvalue weighted by Gasteiger charge is -2.39. The molecule has 5 aromatic rings. The van der Waals surface area contributed by atoms with Crippen LogP contribution in [0.2, 0.25) is 0 Å². The first-order valence-electron chi connectivity index (χ1n) is 11.3. The summed E-state index contributed by atoms with van der Waals surface area (Å²) in [5, 5.41) is 3.85. The molecule has 0 unspecified atom stereocenters. The Labute approximate surface area is 194 Å². The molecular weight excluding hydrogens is 421 g/mol. The monoisotopic (exact) mass is 445 g/mol. The van der Waals surface area contributed by atoms with Crippen LogP contribution in [0.5, 0.6) is 0 Å². The number of hydrogen-bond acceptors (Lipinski definition) is 2. The number of benzene rings is 4. The highest BCUT2D eigenvalue weighted by molar-refractivity contribution is 7.85. The minimum Gasteiger partial charge on any atom is -0.309 e. The second kappa shape index (κ2) is 7.27. The molecule has 0 bridgehead atoms. The van der Waals surface area contributed by atoms with E-state index in [0.29, 0.717) is 0 Å². The average molecular weight is 446 g/mol. The van der Waals surface area contributed by atoms with Crippen molar-refractivity contribution in [1.82, 2.24) is 4.98 Å². The third kappa shape index (κ3) is 2.95. The quantitative estimate of drug-likeness (QED) is 0.304. The van der Waals surface area contributed by atoms with Gasteiger partial charge in [-0.3, -0.25) is 0 Å².